The molecule has 0 amide bonds. The molecule has 0 radical (unpaired) electrons. The first-order valence-corrected chi connectivity index (χ1v) is 8.90. The van der Waals surface area contributed by atoms with E-state index in [2.05, 4.69) is 67.1 Å². The third-order valence-corrected chi connectivity index (χ3v) is 5.22. The molecule has 24 heavy (non-hydrogen) atoms. The predicted octanol–water partition coefficient (Wildman–Crippen LogP) is 3.65. The number of fused-ring (bicyclic) bond motifs is 2. The quantitative estimate of drug-likeness (QED) is 0.683. The second-order valence-electron chi connectivity index (χ2n) is 7.85. The number of amidine groups is 1. The normalized spacial score (nSPS) is 26.1. The van der Waals surface area contributed by atoms with Gasteiger partial charge in [0.1, 0.15) is 5.84 Å². The van der Waals surface area contributed by atoms with Crippen molar-refractivity contribution < 1.29 is 0 Å². The maximum Gasteiger partial charge on any atom is 0.118 e. The van der Waals surface area contributed by atoms with Gasteiger partial charge in [0.05, 0.1) is 17.3 Å². The van der Waals surface area contributed by atoms with Gasteiger partial charge >= 0.3 is 0 Å². The summed E-state index contributed by atoms with van der Waals surface area (Å²) in [6.07, 6.45) is 5.67. The molecule has 2 heterocycles. The molecule has 1 aliphatic carbocycles. The van der Waals surface area contributed by atoms with E-state index >= 15 is 0 Å². The Morgan fingerprint density at radius 1 is 1.00 bits per heavy atom. The van der Waals surface area contributed by atoms with Gasteiger partial charge < -0.3 is 9.80 Å². The first-order chi connectivity index (χ1) is 11.5. The van der Waals surface area contributed by atoms with Crippen LogP contribution in [0.2, 0.25) is 0 Å². The molecule has 3 aliphatic rings. The lowest BCUT2D eigenvalue weighted by molar-refractivity contribution is 0.212. The number of rotatable bonds is 0. The number of benzene rings is 1. The van der Waals surface area contributed by atoms with E-state index in [0.29, 0.717) is 0 Å². The van der Waals surface area contributed by atoms with Gasteiger partial charge in [-0.2, -0.15) is 0 Å². The van der Waals surface area contributed by atoms with Crippen LogP contribution in [0.3, 0.4) is 0 Å². The summed E-state index contributed by atoms with van der Waals surface area (Å²) in [7, 11) is 2.19. The number of piperazine rings is 1. The molecule has 0 saturated carbocycles. The number of hydrogen-bond acceptors (Lipinski definition) is 4. The largest absolute Gasteiger partial charge is 0.357 e. The van der Waals surface area contributed by atoms with E-state index in [1.807, 2.05) is 0 Å². The first-order valence-electron chi connectivity index (χ1n) is 8.90. The van der Waals surface area contributed by atoms with Gasteiger partial charge in [0.25, 0.3) is 0 Å². The molecule has 1 aromatic carbocycles. The first kappa shape index (κ1) is 15.6. The highest BCUT2D eigenvalue weighted by molar-refractivity contribution is 6.12. The van der Waals surface area contributed by atoms with Crippen molar-refractivity contribution in [3.63, 3.8) is 0 Å². The maximum absolute atomic E-state index is 5.08. The number of hydrogen-bond donors (Lipinski definition) is 0. The zero-order valence-electron chi connectivity index (χ0n) is 14.9. The molecular weight excluding hydrogens is 296 g/mol. The maximum atomic E-state index is 5.08. The van der Waals surface area contributed by atoms with Crippen LogP contribution in [0.25, 0.3) is 0 Å². The standard InChI is InChI=1S/C20H26N4/c1-20(2)9-8-15-18(14-20)21-16-6-4-5-7-17(16)22-19(15)24-12-10-23(3)11-13-24/h4-9,15H,10-14H2,1-3H3. The van der Waals surface area contributed by atoms with Gasteiger partial charge in [0.15, 0.2) is 0 Å². The summed E-state index contributed by atoms with van der Waals surface area (Å²) in [5.41, 5.74) is 3.43. The molecule has 1 aromatic rings. The summed E-state index contributed by atoms with van der Waals surface area (Å²) in [5, 5.41) is 0. The number of allylic oxidation sites excluding steroid dienone is 1. The lowest BCUT2D eigenvalue weighted by Gasteiger charge is -2.38. The highest BCUT2D eigenvalue weighted by atomic mass is 15.3. The zero-order valence-corrected chi connectivity index (χ0v) is 14.9. The SMILES string of the molecule is CN1CCN(C2=Nc3ccccc3N=C3CC(C)(C)C=CC32)CC1. The molecule has 1 saturated heterocycles. The Hall–Kier alpha value is -1.94. The van der Waals surface area contributed by atoms with E-state index in [0.717, 1.165) is 44.0 Å². The van der Waals surface area contributed by atoms with E-state index in [4.69, 9.17) is 9.98 Å². The van der Waals surface area contributed by atoms with E-state index in [1.54, 1.807) is 0 Å². The Balaban J connectivity index is 1.79. The highest BCUT2D eigenvalue weighted by Gasteiger charge is 2.34. The summed E-state index contributed by atoms with van der Waals surface area (Å²) in [6, 6.07) is 8.28. The lowest BCUT2D eigenvalue weighted by atomic mass is 9.77. The molecular formula is C20H26N4. The van der Waals surface area contributed by atoms with Crippen LogP contribution in [0.4, 0.5) is 11.4 Å². The second-order valence-corrected chi connectivity index (χ2v) is 7.85. The minimum absolute atomic E-state index is 0.168. The Labute approximate surface area is 144 Å². The van der Waals surface area contributed by atoms with Gasteiger partial charge in [0, 0.05) is 31.9 Å². The van der Waals surface area contributed by atoms with E-state index < -0.39 is 0 Å². The van der Waals surface area contributed by atoms with Crippen molar-refractivity contribution in [3.8, 4) is 0 Å². The Bertz CT molecular complexity index is 721. The van der Waals surface area contributed by atoms with Crippen LogP contribution in [0.15, 0.2) is 46.4 Å². The summed E-state index contributed by atoms with van der Waals surface area (Å²) < 4.78 is 0. The Morgan fingerprint density at radius 3 is 2.38 bits per heavy atom. The molecule has 2 aliphatic heterocycles. The summed E-state index contributed by atoms with van der Waals surface area (Å²) in [4.78, 5) is 15.0. The fraction of sp³-hybridized carbons (Fsp3) is 0.500. The number of para-hydroxylation sites is 2. The van der Waals surface area contributed by atoms with Gasteiger partial charge in [-0.1, -0.05) is 38.1 Å². The summed E-state index contributed by atoms with van der Waals surface area (Å²) >= 11 is 0. The monoisotopic (exact) mass is 322 g/mol. The molecule has 0 N–H and O–H groups in total. The van der Waals surface area contributed by atoms with Crippen LogP contribution in [-0.4, -0.2) is 54.6 Å². The molecule has 0 spiro atoms. The van der Waals surface area contributed by atoms with Gasteiger partial charge in [-0.15, -0.1) is 0 Å². The molecule has 0 aromatic heterocycles. The van der Waals surface area contributed by atoms with Crippen LogP contribution in [0.5, 0.6) is 0 Å². The minimum Gasteiger partial charge on any atom is -0.357 e. The molecule has 4 rings (SSSR count). The molecule has 126 valence electrons. The van der Waals surface area contributed by atoms with E-state index in [-0.39, 0.29) is 11.3 Å². The average molecular weight is 322 g/mol. The third kappa shape index (κ3) is 2.91. The van der Waals surface area contributed by atoms with Gasteiger partial charge in [-0.3, -0.25) is 4.99 Å². The van der Waals surface area contributed by atoms with Crippen molar-refractivity contribution in [2.45, 2.75) is 20.3 Å². The van der Waals surface area contributed by atoms with Crippen molar-refractivity contribution in [3.05, 3.63) is 36.4 Å². The fourth-order valence-corrected chi connectivity index (χ4v) is 3.75. The fourth-order valence-electron chi connectivity index (χ4n) is 3.75. The molecule has 1 fully saturated rings. The average Bonchev–Trinajstić information content (AvgIpc) is 2.70. The number of aliphatic imine (C=N–C) groups is 2. The van der Waals surface area contributed by atoms with Crippen molar-refractivity contribution in [2.75, 3.05) is 33.2 Å². The zero-order chi connectivity index (χ0) is 16.7. The van der Waals surface area contributed by atoms with Gasteiger partial charge in [-0.25, -0.2) is 4.99 Å². The van der Waals surface area contributed by atoms with Crippen molar-refractivity contribution in [1.29, 1.82) is 0 Å². The molecule has 1 atom stereocenters. The van der Waals surface area contributed by atoms with Crippen LogP contribution < -0.4 is 0 Å². The molecule has 4 nitrogen and oxygen atoms in total. The van der Waals surface area contributed by atoms with Crippen molar-refractivity contribution in [2.24, 2.45) is 21.3 Å². The van der Waals surface area contributed by atoms with E-state index in [1.165, 1.54) is 11.5 Å². The summed E-state index contributed by atoms with van der Waals surface area (Å²) in [6.45, 7) is 8.83. The van der Waals surface area contributed by atoms with E-state index in [9.17, 15) is 0 Å². The smallest absolute Gasteiger partial charge is 0.118 e. The van der Waals surface area contributed by atoms with Crippen LogP contribution in [0, 0.1) is 11.3 Å². The highest BCUT2D eigenvalue weighted by Crippen LogP contribution is 2.38. The molecule has 4 heteroatoms. The van der Waals surface area contributed by atoms with Gasteiger partial charge in [0.2, 0.25) is 0 Å². The van der Waals surface area contributed by atoms with Crippen LogP contribution in [-0.2, 0) is 0 Å². The summed E-state index contributed by atoms with van der Waals surface area (Å²) in [5.74, 6) is 1.40. The topological polar surface area (TPSA) is 31.2 Å². The molecule has 0 bridgehead atoms. The molecule has 1 unspecified atom stereocenters. The van der Waals surface area contributed by atoms with Gasteiger partial charge in [-0.05, 0) is 31.0 Å². The lowest BCUT2D eigenvalue weighted by Crippen LogP contribution is -2.50. The Kier molecular flexibility index (Phi) is 3.80. The number of likely N-dealkylation sites (N-methyl/N-ethyl adjacent to an activating group) is 1. The third-order valence-electron chi connectivity index (χ3n) is 5.22. The van der Waals surface area contributed by atoms with Crippen LogP contribution in [0.1, 0.15) is 20.3 Å². The van der Waals surface area contributed by atoms with Crippen molar-refractivity contribution >= 4 is 22.9 Å². The Morgan fingerprint density at radius 2 is 1.67 bits per heavy atom. The van der Waals surface area contributed by atoms with Crippen LogP contribution >= 0.6 is 0 Å². The number of nitrogens with zero attached hydrogens (tertiary/aromatic N) is 4. The van der Waals surface area contributed by atoms with Crippen molar-refractivity contribution in [1.82, 2.24) is 9.80 Å². The minimum atomic E-state index is 0.168. The predicted molar refractivity (Wildman–Crippen MR) is 101 cm³/mol. The second kappa shape index (κ2) is 5.85.